The molecule has 0 spiro atoms. The quantitative estimate of drug-likeness (QED) is 0.917. The lowest BCUT2D eigenvalue weighted by molar-refractivity contribution is -0.145. The highest BCUT2D eigenvalue weighted by atomic mass is 35.5. The molecular formula is C14H21ClN2O2. The molecule has 1 fully saturated rings. The van der Waals surface area contributed by atoms with Crippen molar-refractivity contribution < 1.29 is 9.53 Å². The second kappa shape index (κ2) is 7.48. The molecule has 0 aromatic heterocycles. The number of methoxy groups -OCH3 is 1. The van der Waals surface area contributed by atoms with Crippen LogP contribution in [-0.4, -0.2) is 43.6 Å². The van der Waals surface area contributed by atoms with E-state index in [0.29, 0.717) is 0 Å². The van der Waals surface area contributed by atoms with Crippen molar-refractivity contribution in [3.05, 3.63) is 35.9 Å². The summed E-state index contributed by atoms with van der Waals surface area (Å²) in [7, 11) is 1.59. The highest BCUT2D eigenvalue weighted by Gasteiger charge is 2.30. The normalized spacial score (nSPS) is 20.5. The lowest BCUT2D eigenvalue weighted by atomic mass is 10.1. The Morgan fingerprint density at radius 2 is 2.11 bits per heavy atom. The number of carbonyl (C=O) groups excluding carboxylic acids is 1. The maximum absolute atomic E-state index is 12.5. The van der Waals surface area contributed by atoms with Crippen molar-refractivity contribution in [1.82, 2.24) is 10.2 Å². The van der Waals surface area contributed by atoms with Gasteiger partial charge in [0.25, 0.3) is 5.91 Å². The van der Waals surface area contributed by atoms with E-state index in [1.807, 2.05) is 35.2 Å². The molecule has 4 nitrogen and oxygen atoms in total. The van der Waals surface area contributed by atoms with E-state index in [-0.39, 0.29) is 24.4 Å². The van der Waals surface area contributed by atoms with Crippen molar-refractivity contribution in [2.24, 2.45) is 0 Å². The molecule has 1 aliphatic heterocycles. The van der Waals surface area contributed by atoms with E-state index in [4.69, 9.17) is 4.74 Å². The van der Waals surface area contributed by atoms with Gasteiger partial charge in [0.05, 0.1) is 0 Å². The number of nitrogens with one attached hydrogen (secondary N) is 1. The zero-order valence-electron chi connectivity index (χ0n) is 11.3. The molecule has 1 N–H and O–H groups in total. The molecule has 0 saturated carbocycles. The van der Waals surface area contributed by atoms with Gasteiger partial charge >= 0.3 is 0 Å². The summed E-state index contributed by atoms with van der Waals surface area (Å²) in [5.41, 5.74) is 0.913. The summed E-state index contributed by atoms with van der Waals surface area (Å²) in [6, 6.07) is 9.87. The second-order valence-corrected chi connectivity index (χ2v) is 4.61. The van der Waals surface area contributed by atoms with Gasteiger partial charge in [-0.1, -0.05) is 30.3 Å². The third-order valence-corrected chi connectivity index (χ3v) is 3.35. The Labute approximate surface area is 120 Å². The molecule has 1 amide bonds. The molecule has 1 aliphatic rings. The van der Waals surface area contributed by atoms with Gasteiger partial charge in [-0.15, -0.1) is 12.4 Å². The van der Waals surface area contributed by atoms with Crippen molar-refractivity contribution in [3.63, 3.8) is 0 Å². The fraction of sp³-hybridized carbons (Fsp3) is 0.500. The van der Waals surface area contributed by atoms with Crippen LogP contribution in [0.2, 0.25) is 0 Å². The highest BCUT2D eigenvalue weighted by Crippen LogP contribution is 2.20. The Kier molecular flexibility index (Phi) is 6.28. The molecule has 0 radical (unpaired) electrons. The predicted molar refractivity (Wildman–Crippen MR) is 77.5 cm³/mol. The second-order valence-electron chi connectivity index (χ2n) is 4.61. The molecule has 1 unspecified atom stereocenters. The summed E-state index contributed by atoms with van der Waals surface area (Å²) in [5, 5.41) is 3.28. The van der Waals surface area contributed by atoms with Crippen molar-refractivity contribution in [1.29, 1.82) is 0 Å². The monoisotopic (exact) mass is 284 g/mol. The SMILES string of the molecule is COC(C(=O)N1CCNC[C@H]1C)c1ccccc1.Cl. The largest absolute Gasteiger partial charge is 0.367 e. The number of hydrogen-bond donors (Lipinski definition) is 1. The van der Waals surface area contributed by atoms with Crippen LogP contribution in [0.5, 0.6) is 0 Å². The molecule has 19 heavy (non-hydrogen) atoms. The van der Waals surface area contributed by atoms with Crippen molar-refractivity contribution in [3.8, 4) is 0 Å². The summed E-state index contributed by atoms with van der Waals surface area (Å²) in [4.78, 5) is 14.4. The molecule has 2 rings (SSSR count). The number of ether oxygens (including phenoxy) is 1. The van der Waals surface area contributed by atoms with E-state index < -0.39 is 6.10 Å². The average molecular weight is 285 g/mol. The van der Waals surface area contributed by atoms with Crippen molar-refractivity contribution in [2.45, 2.75) is 19.1 Å². The molecule has 1 heterocycles. The standard InChI is InChI=1S/C14H20N2O2.ClH/c1-11-10-15-8-9-16(11)14(17)13(18-2)12-6-4-3-5-7-12;/h3-7,11,13,15H,8-10H2,1-2H3;1H/t11-,13?;/m1./s1. The van der Waals surface area contributed by atoms with E-state index >= 15 is 0 Å². The Bertz CT molecular complexity index is 400. The van der Waals surface area contributed by atoms with Crippen LogP contribution in [0.3, 0.4) is 0 Å². The summed E-state index contributed by atoms with van der Waals surface area (Å²) < 4.78 is 5.39. The van der Waals surface area contributed by atoms with Crippen molar-refractivity contribution in [2.75, 3.05) is 26.7 Å². The van der Waals surface area contributed by atoms with Gasteiger partial charge in [0.1, 0.15) is 0 Å². The van der Waals surface area contributed by atoms with Crippen LogP contribution in [-0.2, 0) is 9.53 Å². The van der Waals surface area contributed by atoms with Gasteiger partial charge in [0.15, 0.2) is 6.10 Å². The van der Waals surface area contributed by atoms with Gasteiger partial charge in [0, 0.05) is 32.8 Å². The van der Waals surface area contributed by atoms with Crippen LogP contribution < -0.4 is 5.32 Å². The Morgan fingerprint density at radius 3 is 2.68 bits per heavy atom. The fourth-order valence-corrected chi connectivity index (χ4v) is 2.33. The van der Waals surface area contributed by atoms with Crippen LogP contribution in [0.1, 0.15) is 18.6 Å². The molecule has 1 saturated heterocycles. The summed E-state index contributed by atoms with van der Waals surface area (Å²) in [6.07, 6.45) is -0.494. The van der Waals surface area contributed by atoms with Gasteiger partial charge in [-0.25, -0.2) is 0 Å². The summed E-state index contributed by atoms with van der Waals surface area (Å²) in [6.45, 7) is 4.49. The molecule has 0 bridgehead atoms. The molecular weight excluding hydrogens is 264 g/mol. The van der Waals surface area contributed by atoms with Gasteiger partial charge in [-0.2, -0.15) is 0 Å². The first-order chi connectivity index (χ1) is 8.74. The van der Waals surface area contributed by atoms with Crippen LogP contribution in [0.15, 0.2) is 30.3 Å². The maximum atomic E-state index is 12.5. The number of halogens is 1. The first-order valence-electron chi connectivity index (χ1n) is 6.33. The van der Waals surface area contributed by atoms with E-state index in [0.717, 1.165) is 25.2 Å². The highest BCUT2D eigenvalue weighted by molar-refractivity contribution is 5.85. The molecule has 106 valence electrons. The molecule has 2 atom stereocenters. The molecule has 1 aromatic carbocycles. The van der Waals surface area contributed by atoms with E-state index in [9.17, 15) is 4.79 Å². The lowest BCUT2D eigenvalue weighted by Crippen LogP contribution is -2.53. The number of amides is 1. The topological polar surface area (TPSA) is 41.6 Å². The van der Waals surface area contributed by atoms with E-state index in [1.165, 1.54) is 0 Å². The van der Waals surface area contributed by atoms with Gasteiger partial charge in [0.2, 0.25) is 0 Å². The Balaban J connectivity index is 0.00000180. The molecule has 1 aromatic rings. The van der Waals surface area contributed by atoms with Crippen LogP contribution in [0.25, 0.3) is 0 Å². The average Bonchev–Trinajstić information content (AvgIpc) is 2.41. The predicted octanol–water partition coefficient (Wildman–Crippen LogP) is 1.62. The van der Waals surface area contributed by atoms with Gasteiger partial charge < -0.3 is 15.0 Å². The smallest absolute Gasteiger partial charge is 0.256 e. The minimum Gasteiger partial charge on any atom is -0.367 e. The first kappa shape index (κ1) is 16.0. The van der Waals surface area contributed by atoms with Crippen LogP contribution in [0.4, 0.5) is 0 Å². The molecule has 0 aliphatic carbocycles. The molecule has 5 heteroatoms. The summed E-state index contributed by atoms with van der Waals surface area (Å²) in [5.74, 6) is 0.0534. The zero-order chi connectivity index (χ0) is 13.0. The third-order valence-electron chi connectivity index (χ3n) is 3.35. The number of nitrogens with zero attached hydrogens (tertiary/aromatic N) is 1. The lowest BCUT2D eigenvalue weighted by Gasteiger charge is -2.36. The number of hydrogen-bond acceptors (Lipinski definition) is 3. The van der Waals surface area contributed by atoms with Crippen LogP contribution in [0, 0.1) is 0 Å². The van der Waals surface area contributed by atoms with Gasteiger partial charge in [-0.3, -0.25) is 4.79 Å². The van der Waals surface area contributed by atoms with Crippen molar-refractivity contribution >= 4 is 18.3 Å². The fourth-order valence-electron chi connectivity index (χ4n) is 2.33. The number of benzene rings is 1. The third kappa shape index (κ3) is 3.69. The first-order valence-corrected chi connectivity index (χ1v) is 6.33. The summed E-state index contributed by atoms with van der Waals surface area (Å²) >= 11 is 0. The zero-order valence-corrected chi connectivity index (χ0v) is 12.2. The Morgan fingerprint density at radius 1 is 1.42 bits per heavy atom. The van der Waals surface area contributed by atoms with Gasteiger partial charge in [-0.05, 0) is 12.5 Å². The number of carbonyl (C=O) groups is 1. The maximum Gasteiger partial charge on any atom is 0.256 e. The minimum atomic E-state index is -0.494. The van der Waals surface area contributed by atoms with E-state index in [1.54, 1.807) is 7.11 Å². The number of piperazine rings is 1. The Hall–Kier alpha value is -1.10. The minimum absolute atomic E-state index is 0. The number of rotatable bonds is 3. The van der Waals surface area contributed by atoms with E-state index in [2.05, 4.69) is 12.2 Å². The van der Waals surface area contributed by atoms with Crippen LogP contribution >= 0.6 is 12.4 Å².